The molecule has 1 aliphatic rings. The van der Waals surface area contributed by atoms with E-state index in [1.807, 2.05) is 30.0 Å². The molecule has 1 N–H and O–H groups in total. The quantitative estimate of drug-likeness (QED) is 0.877. The lowest BCUT2D eigenvalue weighted by molar-refractivity contribution is -0.136. The van der Waals surface area contributed by atoms with Crippen LogP contribution in [0.15, 0.2) is 24.3 Å². The largest absolute Gasteiger partial charge is 0.497 e. The molecule has 1 aliphatic heterocycles. The van der Waals surface area contributed by atoms with E-state index in [-0.39, 0.29) is 18.6 Å². The first-order chi connectivity index (χ1) is 9.20. The minimum atomic E-state index is 0.0248. The lowest BCUT2D eigenvalue weighted by Gasteiger charge is -2.33. The molecule has 104 valence electrons. The maximum absolute atomic E-state index is 12.1. The number of piperazine rings is 1. The Kier molecular flexibility index (Phi) is 4.63. The van der Waals surface area contributed by atoms with Gasteiger partial charge in [0.05, 0.1) is 7.11 Å². The molecule has 1 atom stereocenters. The van der Waals surface area contributed by atoms with Gasteiger partial charge >= 0.3 is 0 Å². The number of amides is 1. The number of hydrogen-bond acceptors (Lipinski definition) is 4. The average molecular weight is 264 g/mol. The van der Waals surface area contributed by atoms with Crippen molar-refractivity contribution in [1.82, 2.24) is 10.2 Å². The smallest absolute Gasteiger partial charge is 0.260 e. The van der Waals surface area contributed by atoms with Gasteiger partial charge in [-0.25, -0.2) is 0 Å². The molecule has 0 unspecified atom stereocenters. The standard InChI is InChI=1S/C14H20N2O3/c1-11-9-15-6-7-16(11)14(17)10-19-13-5-3-4-12(8-13)18-2/h3-5,8,11,15H,6-7,9-10H2,1-2H3/t11-/m1/s1. The minimum Gasteiger partial charge on any atom is -0.497 e. The summed E-state index contributed by atoms with van der Waals surface area (Å²) in [7, 11) is 1.60. The SMILES string of the molecule is COc1cccc(OCC(=O)N2CCNC[C@H]2C)c1. The molecule has 0 radical (unpaired) electrons. The molecule has 0 saturated carbocycles. The third kappa shape index (κ3) is 3.61. The highest BCUT2D eigenvalue weighted by molar-refractivity contribution is 5.78. The summed E-state index contributed by atoms with van der Waals surface area (Å²) < 4.78 is 10.6. The molecular weight excluding hydrogens is 244 g/mol. The molecule has 1 amide bonds. The molecular formula is C14H20N2O3. The molecule has 1 fully saturated rings. The summed E-state index contributed by atoms with van der Waals surface area (Å²) in [6, 6.07) is 7.49. The number of ether oxygens (including phenoxy) is 2. The molecule has 0 aromatic heterocycles. The Labute approximate surface area is 113 Å². The zero-order valence-corrected chi connectivity index (χ0v) is 11.4. The maximum atomic E-state index is 12.1. The Morgan fingerprint density at radius 3 is 3.00 bits per heavy atom. The molecule has 5 heteroatoms. The molecule has 1 saturated heterocycles. The Morgan fingerprint density at radius 1 is 1.47 bits per heavy atom. The third-order valence-electron chi connectivity index (χ3n) is 3.23. The van der Waals surface area contributed by atoms with Crippen LogP contribution in [0.4, 0.5) is 0 Å². The molecule has 0 aliphatic carbocycles. The third-order valence-corrected chi connectivity index (χ3v) is 3.23. The summed E-state index contributed by atoms with van der Waals surface area (Å²) in [5.41, 5.74) is 0. The van der Waals surface area contributed by atoms with Crippen molar-refractivity contribution in [3.8, 4) is 11.5 Å². The molecule has 5 nitrogen and oxygen atoms in total. The zero-order chi connectivity index (χ0) is 13.7. The van der Waals surface area contributed by atoms with Crippen LogP contribution in [0.25, 0.3) is 0 Å². The summed E-state index contributed by atoms with van der Waals surface area (Å²) in [6.07, 6.45) is 0. The van der Waals surface area contributed by atoms with E-state index in [0.29, 0.717) is 5.75 Å². The maximum Gasteiger partial charge on any atom is 0.260 e. The number of benzene rings is 1. The number of rotatable bonds is 4. The van der Waals surface area contributed by atoms with Crippen LogP contribution >= 0.6 is 0 Å². The van der Waals surface area contributed by atoms with Crippen molar-refractivity contribution in [2.45, 2.75) is 13.0 Å². The Morgan fingerprint density at radius 2 is 2.26 bits per heavy atom. The number of nitrogens with zero attached hydrogens (tertiary/aromatic N) is 1. The number of hydrogen-bond donors (Lipinski definition) is 1. The summed E-state index contributed by atoms with van der Waals surface area (Å²) in [4.78, 5) is 13.9. The van der Waals surface area contributed by atoms with E-state index in [1.165, 1.54) is 0 Å². The van der Waals surface area contributed by atoms with Crippen molar-refractivity contribution in [3.05, 3.63) is 24.3 Å². The first-order valence-corrected chi connectivity index (χ1v) is 6.47. The van der Waals surface area contributed by atoms with Gasteiger partial charge in [-0.05, 0) is 19.1 Å². The van der Waals surface area contributed by atoms with E-state index < -0.39 is 0 Å². The Bertz CT molecular complexity index is 436. The fourth-order valence-electron chi connectivity index (χ4n) is 2.13. The fourth-order valence-corrected chi connectivity index (χ4v) is 2.13. The van der Waals surface area contributed by atoms with Gasteiger partial charge in [0.1, 0.15) is 11.5 Å². The predicted octanol–water partition coefficient (Wildman–Crippen LogP) is 0.894. The number of methoxy groups -OCH3 is 1. The van der Waals surface area contributed by atoms with E-state index in [9.17, 15) is 4.79 Å². The summed E-state index contributed by atoms with van der Waals surface area (Å²) in [6.45, 7) is 4.52. The van der Waals surface area contributed by atoms with Gasteiger partial charge < -0.3 is 19.7 Å². The van der Waals surface area contributed by atoms with Gasteiger partial charge in [0.15, 0.2) is 6.61 Å². The van der Waals surface area contributed by atoms with Crippen LogP contribution in [-0.2, 0) is 4.79 Å². The Balaban J connectivity index is 1.88. The first kappa shape index (κ1) is 13.7. The summed E-state index contributed by atoms with van der Waals surface area (Å²) >= 11 is 0. The first-order valence-electron chi connectivity index (χ1n) is 6.47. The van der Waals surface area contributed by atoms with Crippen molar-refractivity contribution < 1.29 is 14.3 Å². The molecule has 0 spiro atoms. The highest BCUT2D eigenvalue weighted by atomic mass is 16.5. The second-order valence-corrected chi connectivity index (χ2v) is 4.61. The van der Waals surface area contributed by atoms with Gasteiger partial charge in [0.2, 0.25) is 0 Å². The molecule has 0 bridgehead atoms. The molecule has 1 aromatic rings. The van der Waals surface area contributed by atoms with Crippen LogP contribution in [-0.4, -0.2) is 50.2 Å². The van der Waals surface area contributed by atoms with Gasteiger partial charge in [0.25, 0.3) is 5.91 Å². The lowest BCUT2D eigenvalue weighted by Crippen LogP contribution is -2.53. The zero-order valence-electron chi connectivity index (χ0n) is 11.4. The normalized spacial score (nSPS) is 19.1. The summed E-state index contributed by atoms with van der Waals surface area (Å²) in [5.74, 6) is 1.40. The van der Waals surface area contributed by atoms with Crippen molar-refractivity contribution in [2.24, 2.45) is 0 Å². The van der Waals surface area contributed by atoms with E-state index in [2.05, 4.69) is 5.32 Å². The minimum absolute atomic E-state index is 0.0248. The molecule has 1 heterocycles. The molecule has 19 heavy (non-hydrogen) atoms. The van der Waals surface area contributed by atoms with Crippen molar-refractivity contribution >= 4 is 5.91 Å². The van der Waals surface area contributed by atoms with Crippen molar-refractivity contribution in [1.29, 1.82) is 0 Å². The Hall–Kier alpha value is -1.75. The van der Waals surface area contributed by atoms with E-state index in [0.717, 1.165) is 25.4 Å². The highest BCUT2D eigenvalue weighted by Gasteiger charge is 2.23. The number of carbonyl (C=O) groups is 1. The lowest BCUT2D eigenvalue weighted by atomic mass is 10.2. The van der Waals surface area contributed by atoms with Gasteiger partial charge in [-0.3, -0.25) is 4.79 Å². The van der Waals surface area contributed by atoms with Gasteiger partial charge in [-0.2, -0.15) is 0 Å². The van der Waals surface area contributed by atoms with E-state index >= 15 is 0 Å². The number of nitrogens with one attached hydrogen (secondary N) is 1. The predicted molar refractivity (Wildman–Crippen MR) is 72.5 cm³/mol. The van der Waals surface area contributed by atoms with Crippen molar-refractivity contribution in [3.63, 3.8) is 0 Å². The van der Waals surface area contributed by atoms with Crippen LogP contribution < -0.4 is 14.8 Å². The van der Waals surface area contributed by atoms with Crippen LogP contribution in [0.5, 0.6) is 11.5 Å². The van der Waals surface area contributed by atoms with Gasteiger partial charge in [-0.1, -0.05) is 6.07 Å². The summed E-state index contributed by atoms with van der Waals surface area (Å²) in [5, 5.41) is 3.26. The topological polar surface area (TPSA) is 50.8 Å². The fraction of sp³-hybridized carbons (Fsp3) is 0.500. The second-order valence-electron chi connectivity index (χ2n) is 4.61. The number of carbonyl (C=O) groups excluding carboxylic acids is 1. The average Bonchev–Trinajstić information content (AvgIpc) is 2.45. The monoisotopic (exact) mass is 264 g/mol. The van der Waals surface area contributed by atoms with Gasteiger partial charge in [0, 0.05) is 31.7 Å². The molecule has 2 rings (SSSR count). The van der Waals surface area contributed by atoms with Crippen LogP contribution in [0.3, 0.4) is 0 Å². The van der Waals surface area contributed by atoms with Crippen LogP contribution in [0.2, 0.25) is 0 Å². The van der Waals surface area contributed by atoms with E-state index in [1.54, 1.807) is 13.2 Å². The second kappa shape index (κ2) is 6.43. The molecule has 1 aromatic carbocycles. The van der Waals surface area contributed by atoms with Gasteiger partial charge in [-0.15, -0.1) is 0 Å². The highest BCUT2D eigenvalue weighted by Crippen LogP contribution is 2.18. The van der Waals surface area contributed by atoms with Crippen LogP contribution in [0, 0.1) is 0 Å². The van der Waals surface area contributed by atoms with E-state index in [4.69, 9.17) is 9.47 Å². The van der Waals surface area contributed by atoms with Crippen LogP contribution in [0.1, 0.15) is 6.92 Å². The van der Waals surface area contributed by atoms with Crippen molar-refractivity contribution in [2.75, 3.05) is 33.4 Å².